The van der Waals surface area contributed by atoms with E-state index in [9.17, 15) is 4.79 Å². The molecular weight excluding hydrogens is 300 g/mol. The largest absolute Gasteiger partial charge is 0.350 e. The van der Waals surface area contributed by atoms with Gasteiger partial charge in [-0.25, -0.2) is 4.98 Å². The van der Waals surface area contributed by atoms with Gasteiger partial charge < -0.3 is 9.84 Å². The first-order chi connectivity index (χ1) is 8.65. The van der Waals surface area contributed by atoms with Crippen LogP contribution < -0.4 is 5.32 Å². The van der Waals surface area contributed by atoms with Gasteiger partial charge in [-0.1, -0.05) is 5.16 Å². The fourth-order valence-electron chi connectivity index (χ4n) is 1.33. The van der Waals surface area contributed by atoms with E-state index in [1.165, 1.54) is 0 Å². The first-order valence-electron chi connectivity index (χ1n) is 5.34. The molecule has 0 saturated heterocycles. The molecule has 7 heteroatoms. The summed E-state index contributed by atoms with van der Waals surface area (Å²) in [5, 5.41) is 6.48. The Morgan fingerprint density at radius 1 is 1.50 bits per heavy atom. The molecule has 2 heterocycles. The molecule has 2 aromatic heterocycles. The smallest absolute Gasteiger partial charge is 0.269 e. The van der Waals surface area contributed by atoms with Crippen LogP contribution in [-0.2, 0) is 6.42 Å². The van der Waals surface area contributed by atoms with Crippen LogP contribution in [0.15, 0.2) is 27.3 Å². The van der Waals surface area contributed by atoms with E-state index in [1.54, 1.807) is 25.3 Å². The number of hydrogen-bond donors (Lipinski definition) is 1. The minimum atomic E-state index is -0.220. The Hall–Kier alpha value is -1.76. The predicted octanol–water partition coefficient (Wildman–Crippen LogP) is 1.51. The number of hydrogen-bond acceptors (Lipinski definition) is 5. The number of aromatic nitrogens is 3. The number of nitrogens with zero attached hydrogens (tertiary/aromatic N) is 3. The van der Waals surface area contributed by atoms with E-state index in [-0.39, 0.29) is 5.91 Å². The molecule has 1 amide bonds. The molecule has 0 aliphatic rings. The Balaban J connectivity index is 1.83. The number of nitrogens with one attached hydrogen (secondary N) is 1. The molecule has 1 N–H and O–H groups in total. The Kier molecular flexibility index (Phi) is 4.03. The van der Waals surface area contributed by atoms with Crippen LogP contribution in [0.5, 0.6) is 0 Å². The molecule has 2 aromatic rings. The van der Waals surface area contributed by atoms with Gasteiger partial charge in [0, 0.05) is 30.6 Å². The highest BCUT2D eigenvalue weighted by atomic mass is 79.9. The van der Waals surface area contributed by atoms with Crippen molar-refractivity contribution in [1.82, 2.24) is 20.4 Å². The zero-order valence-corrected chi connectivity index (χ0v) is 11.3. The second-order valence-corrected chi connectivity index (χ2v) is 4.51. The maximum Gasteiger partial charge on any atom is 0.269 e. The van der Waals surface area contributed by atoms with Gasteiger partial charge in [-0.05, 0) is 28.1 Å². The number of aryl methyl sites for hydroxylation is 1. The van der Waals surface area contributed by atoms with Crippen LogP contribution in [0.4, 0.5) is 0 Å². The summed E-state index contributed by atoms with van der Waals surface area (Å²) in [4.78, 5) is 19.7. The summed E-state index contributed by atoms with van der Waals surface area (Å²) in [6.07, 6.45) is 2.11. The van der Waals surface area contributed by atoms with Crippen LogP contribution in [0.25, 0.3) is 0 Å². The van der Waals surface area contributed by atoms with Crippen LogP contribution in [0.1, 0.15) is 22.2 Å². The topological polar surface area (TPSA) is 80.9 Å². The van der Waals surface area contributed by atoms with E-state index in [0.29, 0.717) is 30.4 Å². The third kappa shape index (κ3) is 3.36. The standard InChI is InChI=1S/C11H11BrN4O2/c1-7-15-10(16-18-7)4-5-13-11(17)9-3-2-8(12)6-14-9/h2-3,6H,4-5H2,1H3,(H,13,17). The SMILES string of the molecule is Cc1nc(CCNC(=O)c2ccc(Br)cn2)no1. The maximum absolute atomic E-state index is 11.7. The third-order valence-corrected chi connectivity index (χ3v) is 2.63. The molecule has 0 bridgehead atoms. The Labute approximate surface area is 112 Å². The zero-order chi connectivity index (χ0) is 13.0. The monoisotopic (exact) mass is 310 g/mol. The number of halogens is 1. The summed E-state index contributed by atoms with van der Waals surface area (Å²) in [7, 11) is 0. The number of carbonyl (C=O) groups excluding carboxylic acids is 1. The fourth-order valence-corrected chi connectivity index (χ4v) is 1.57. The highest BCUT2D eigenvalue weighted by molar-refractivity contribution is 9.10. The van der Waals surface area contributed by atoms with Crippen LogP contribution in [0.2, 0.25) is 0 Å². The lowest BCUT2D eigenvalue weighted by atomic mass is 10.3. The summed E-state index contributed by atoms with van der Waals surface area (Å²) in [5.41, 5.74) is 0.377. The van der Waals surface area contributed by atoms with E-state index in [0.717, 1.165) is 4.47 Å². The molecule has 0 aromatic carbocycles. The van der Waals surface area contributed by atoms with E-state index >= 15 is 0 Å². The molecule has 0 saturated carbocycles. The minimum absolute atomic E-state index is 0.220. The van der Waals surface area contributed by atoms with Gasteiger partial charge in [-0.15, -0.1) is 0 Å². The van der Waals surface area contributed by atoms with Crippen LogP contribution in [0.3, 0.4) is 0 Å². The van der Waals surface area contributed by atoms with E-state index in [4.69, 9.17) is 4.52 Å². The van der Waals surface area contributed by atoms with Gasteiger partial charge in [0.15, 0.2) is 5.82 Å². The molecule has 18 heavy (non-hydrogen) atoms. The third-order valence-electron chi connectivity index (χ3n) is 2.16. The Bertz CT molecular complexity index is 538. The van der Waals surface area contributed by atoms with Crippen molar-refractivity contribution in [2.75, 3.05) is 6.54 Å². The average molecular weight is 311 g/mol. The van der Waals surface area contributed by atoms with Crippen LogP contribution in [-0.4, -0.2) is 27.6 Å². The van der Waals surface area contributed by atoms with Gasteiger partial charge in [0.25, 0.3) is 5.91 Å². The van der Waals surface area contributed by atoms with Crippen LogP contribution >= 0.6 is 15.9 Å². The maximum atomic E-state index is 11.7. The highest BCUT2D eigenvalue weighted by Crippen LogP contribution is 2.07. The molecule has 2 rings (SSSR count). The van der Waals surface area contributed by atoms with E-state index < -0.39 is 0 Å². The number of carbonyl (C=O) groups is 1. The summed E-state index contributed by atoms with van der Waals surface area (Å²) in [6.45, 7) is 2.16. The summed E-state index contributed by atoms with van der Waals surface area (Å²) < 4.78 is 5.66. The molecule has 0 aliphatic heterocycles. The van der Waals surface area contributed by atoms with E-state index in [1.807, 2.05) is 0 Å². The van der Waals surface area contributed by atoms with Crippen molar-refractivity contribution in [3.8, 4) is 0 Å². The van der Waals surface area contributed by atoms with Gasteiger partial charge in [0.2, 0.25) is 5.89 Å². The number of pyridine rings is 1. The zero-order valence-electron chi connectivity index (χ0n) is 9.68. The summed E-state index contributed by atoms with van der Waals surface area (Å²) in [6, 6.07) is 3.42. The molecule has 6 nitrogen and oxygen atoms in total. The van der Waals surface area contributed by atoms with Crippen molar-refractivity contribution in [3.63, 3.8) is 0 Å². The second kappa shape index (κ2) is 5.72. The van der Waals surface area contributed by atoms with Crippen molar-refractivity contribution in [1.29, 1.82) is 0 Å². The van der Waals surface area contributed by atoms with Gasteiger partial charge in [-0.2, -0.15) is 4.98 Å². The fraction of sp³-hybridized carbons (Fsp3) is 0.273. The molecule has 94 valence electrons. The Morgan fingerprint density at radius 2 is 2.33 bits per heavy atom. The molecule has 0 unspecified atom stereocenters. The molecule has 0 spiro atoms. The molecule has 0 fully saturated rings. The van der Waals surface area contributed by atoms with Crippen molar-refractivity contribution in [2.45, 2.75) is 13.3 Å². The van der Waals surface area contributed by atoms with Gasteiger partial charge in [0.05, 0.1) is 0 Å². The van der Waals surface area contributed by atoms with Crippen molar-refractivity contribution >= 4 is 21.8 Å². The lowest BCUT2D eigenvalue weighted by molar-refractivity contribution is 0.0949. The highest BCUT2D eigenvalue weighted by Gasteiger charge is 2.07. The Morgan fingerprint density at radius 3 is 2.94 bits per heavy atom. The van der Waals surface area contributed by atoms with E-state index in [2.05, 4.69) is 36.4 Å². The quantitative estimate of drug-likeness (QED) is 0.925. The molecule has 0 aliphatic carbocycles. The number of rotatable bonds is 4. The lowest BCUT2D eigenvalue weighted by Gasteiger charge is -2.02. The second-order valence-electron chi connectivity index (χ2n) is 3.60. The predicted molar refractivity (Wildman–Crippen MR) is 67.0 cm³/mol. The van der Waals surface area contributed by atoms with Gasteiger partial charge in [0.1, 0.15) is 5.69 Å². The average Bonchev–Trinajstić information content (AvgIpc) is 2.76. The van der Waals surface area contributed by atoms with Gasteiger partial charge >= 0.3 is 0 Å². The lowest BCUT2D eigenvalue weighted by Crippen LogP contribution is -2.26. The van der Waals surface area contributed by atoms with Crippen molar-refractivity contribution < 1.29 is 9.32 Å². The van der Waals surface area contributed by atoms with Crippen molar-refractivity contribution in [3.05, 3.63) is 40.2 Å². The first-order valence-corrected chi connectivity index (χ1v) is 6.13. The minimum Gasteiger partial charge on any atom is -0.350 e. The van der Waals surface area contributed by atoms with Gasteiger partial charge in [-0.3, -0.25) is 4.79 Å². The number of amides is 1. The molecule has 0 radical (unpaired) electrons. The molecular formula is C11H11BrN4O2. The normalized spacial score (nSPS) is 10.3. The van der Waals surface area contributed by atoms with Crippen LogP contribution in [0, 0.1) is 6.92 Å². The molecule has 0 atom stereocenters. The summed E-state index contributed by atoms with van der Waals surface area (Å²) in [5.74, 6) is 0.880. The first kappa shape index (κ1) is 12.7. The summed E-state index contributed by atoms with van der Waals surface area (Å²) >= 11 is 3.26. The van der Waals surface area contributed by atoms with Crippen molar-refractivity contribution in [2.24, 2.45) is 0 Å².